The summed E-state index contributed by atoms with van der Waals surface area (Å²) in [7, 11) is 4.06. The molecule has 0 amide bonds. The normalized spacial score (nSPS) is 19.5. The lowest BCUT2D eigenvalue weighted by Gasteiger charge is -2.35. The van der Waals surface area contributed by atoms with E-state index < -0.39 is 5.60 Å². The first kappa shape index (κ1) is 14.5. The Morgan fingerprint density at radius 3 is 2.89 bits per heavy atom. The monoisotopic (exact) mass is 279 g/mol. The smallest absolute Gasteiger partial charge is 0.110 e. The molecule has 1 aromatic rings. The van der Waals surface area contributed by atoms with Gasteiger partial charge in [-0.05, 0) is 26.9 Å². The van der Waals surface area contributed by atoms with Crippen molar-refractivity contribution in [2.45, 2.75) is 25.0 Å². The quantitative estimate of drug-likeness (QED) is 0.839. The van der Waals surface area contributed by atoms with E-state index in [0.717, 1.165) is 43.2 Å². The topological polar surface area (TPSA) is 39.6 Å². The first-order valence-electron chi connectivity index (χ1n) is 6.51. The summed E-state index contributed by atoms with van der Waals surface area (Å²) in [5, 5.41) is 13.7. The second-order valence-corrected chi connectivity index (χ2v) is 6.28. The lowest BCUT2D eigenvalue weighted by atomic mass is 9.89. The molecular formula is C14H21N3OS. The predicted octanol–water partition coefficient (Wildman–Crippen LogP) is 1.12. The van der Waals surface area contributed by atoms with Gasteiger partial charge in [0.1, 0.15) is 10.6 Å². The van der Waals surface area contributed by atoms with E-state index in [2.05, 4.69) is 22.9 Å². The van der Waals surface area contributed by atoms with E-state index in [1.165, 1.54) is 0 Å². The molecule has 0 aliphatic carbocycles. The summed E-state index contributed by atoms with van der Waals surface area (Å²) in [6, 6.07) is 0. The van der Waals surface area contributed by atoms with Crippen LogP contribution in [0.3, 0.4) is 0 Å². The Hall–Kier alpha value is -0.930. The minimum Gasteiger partial charge on any atom is -0.383 e. The van der Waals surface area contributed by atoms with Crippen LogP contribution in [0.5, 0.6) is 0 Å². The predicted molar refractivity (Wildman–Crippen MR) is 77.9 cm³/mol. The molecule has 104 valence electrons. The minimum absolute atomic E-state index is 0.615. The zero-order chi connectivity index (χ0) is 13.9. The van der Waals surface area contributed by atoms with E-state index in [0.29, 0.717) is 6.54 Å². The maximum Gasteiger partial charge on any atom is 0.110 e. The summed E-state index contributed by atoms with van der Waals surface area (Å²) in [6.45, 7) is 3.19. The molecule has 1 aliphatic heterocycles. The van der Waals surface area contributed by atoms with E-state index in [9.17, 15) is 5.11 Å². The molecule has 1 fully saturated rings. The fourth-order valence-electron chi connectivity index (χ4n) is 2.28. The number of piperidine rings is 1. The average molecular weight is 279 g/mol. The number of terminal acetylenes is 1. The van der Waals surface area contributed by atoms with Gasteiger partial charge in [0.15, 0.2) is 0 Å². The van der Waals surface area contributed by atoms with Gasteiger partial charge in [-0.2, -0.15) is 0 Å². The largest absolute Gasteiger partial charge is 0.383 e. The van der Waals surface area contributed by atoms with Crippen molar-refractivity contribution in [2.24, 2.45) is 0 Å². The van der Waals surface area contributed by atoms with Crippen molar-refractivity contribution in [1.82, 2.24) is 14.8 Å². The molecule has 2 rings (SSSR count). The third-order valence-electron chi connectivity index (χ3n) is 3.61. The van der Waals surface area contributed by atoms with Gasteiger partial charge >= 0.3 is 0 Å². The Morgan fingerprint density at radius 2 is 2.26 bits per heavy atom. The number of rotatable bonds is 4. The first-order valence-corrected chi connectivity index (χ1v) is 7.39. The van der Waals surface area contributed by atoms with Crippen LogP contribution < -0.4 is 0 Å². The van der Waals surface area contributed by atoms with Crippen LogP contribution in [0, 0.1) is 12.3 Å². The van der Waals surface area contributed by atoms with Gasteiger partial charge in [0.2, 0.25) is 0 Å². The molecule has 1 saturated heterocycles. The van der Waals surface area contributed by atoms with E-state index >= 15 is 0 Å². The molecule has 0 unspecified atom stereocenters. The van der Waals surface area contributed by atoms with Crippen LogP contribution in [0.25, 0.3) is 0 Å². The van der Waals surface area contributed by atoms with E-state index in [1.54, 1.807) is 11.3 Å². The van der Waals surface area contributed by atoms with Crippen molar-refractivity contribution in [3.05, 3.63) is 16.1 Å². The van der Waals surface area contributed by atoms with Gasteiger partial charge in [0.05, 0.1) is 18.8 Å². The van der Waals surface area contributed by atoms with Crippen molar-refractivity contribution in [3.63, 3.8) is 0 Å². The van der Waals surface area contributed by atoms with Crippen LogP contribution in [0.15, 0.2) is 5.38 Å². The highest BCUT2D eigenvalue weighted by Crippen LogP contribution is 2.33. The molecule has 19 heavy (non-hydrogen) atoms. The van der Waals surface area contributed by atoms with E-state index in [1.807, 2.05) is 17.3 Å². The lowest BCUT2D eigenvalue weighted by molar-refractivity contribution is -0.0235. The molecular weight excluding hydrogens is 258 g/mol. The van der Waals surface area contributed by atoms with Crippen LogP contribution in [-0.2, 0) is 12.1 Å². The van der Waals surface area contributed by atoms with Gasteiger partial charge < -0.3 is 10.0 Å². The van der Waals surface area contributed by atoms with Gasteiger partial charge in [-0.3, -0.25) is 4.90 Å². The number of nitrogens with zero attached hydrogens (tertiary/aromatic N) is 3. The zero-order valence-electron chi connectivity index (χ0n) is 11.6. The third kappa shape index (κ3) is 3.54. The van der Waals surface area contributed by atoms with Crippen molar-refractivity contribution in [3.8, 4) is 12.3 Å². The highest BCUT2D eigenvalue weighted by atomic mass is 32.1. The number of hydrogen-bond donors (Lipinski definition) is 1. The maximum absolute atomic E-state index is 10.7. The van der Waals surface area contributed by atoms with E-state index in [-0.39, 0.29) is 0 Å². The average Bonchev–Trinajstić information content (AvgIpc) is 2.82. The number of hydrogen-bond acceptors (Lipinski definition) is 5. The van der Waals surface area contributed by atoms with Crippen LogP contribution in [0.1, 0.15) is 23.5 Å². The second-order valence-electron chi connectivity index (χ2n) is 5.34. The third-order valence-corrected chi connectivity index (χ3v) is 4.44. The van der Waals surface area contributed by atoms with Crippen molar-refractivity contribution < 1.29 is 5.11 Å². The van der Waals surface area contributed by atoms with Gasteiger partial charge in [0.25, 0.3) is 0 Å². The first-order chi connectivity index (χ1) is 9.03. The van der Waals surface area contributed by atoms with Gasteiger partial charge in [-0.15, -0.1) is 17.8 Å². The molecule has 2 heterocycles. The summed E-state index contributed by atoms with van der Waals surface area (Å²) >= 11 is 1.60. The second kappa shape index (κ2) is 6.02. The summed E-state index contributed by atoms with van der Waals surface area (Å²) in [5.74, 6) is 2.62. The molecule has 0 saturated carbocycles. The van der Waals surface area contributed by atoms with Crippen molar-refractivity contribution >= 4 is 11.3 Å². The van der Waals surface area contributed by atoms with Crippen LogP contribution in [0.4, 0.5) is 0 Å². The zero-order valence-corrected chi connectivity index (χ0v) is 12.4. The summed E-state index contributed by atoms with van der Waals surface area (Å²) in [4.78, 5) is 8.87. The minimum atomic E-state index is -0.744. The molecule has 4 nitrogen and oxygen atoms in total. The van der Waals surface area contributed by atoms with E-state index in [4.69, 9.17) is 6.42 Å². The molecule has 1 aliphatic rings. The highest BCUT2D eigenvalue weighted by Gasteiger charge is 2.35. The van der Waals surface area contributed by atoms with Crippen LogP contribution >= 0.6 is 11.3 Å². The molecule has 1 N–H and O–H groups in total. The maximum atomic E-state index is 10.7. The molecule has 0 atom stereocenters. The molecule has 5 heteroatoms. The summed E-state index contributed by atoms with van der Waals surface area (Å²) in [5.41, 5.74) is 0.0843. The Kier molecular flexibility index (Phi) is 4.58. The Bertz CT molecular complexity index is 458. The Balaban J connectivity index is 2.02. The Morgan fingerprint density at radius 1 is 1.58 bits per heavy atom. The van der Waals surface area contributed by atoms with Gasteiger partial charge in [-0.25, -0.2) is 4.98 Å². The van der Waals surface area contributed by atoms with Crippen molar-refractivity contribution in [1.29, 1.82) is 0 Å². The van der Waals surface area contributed by atoms with Crippen molar-refractivity contribution in [2.75, 3.05) is 33.7 Å². The Labute approximate surface area is 119 Å². The molecule has 1 aromatic heterocycles. The summed E-state index contributed by atoms with van der Waals surface area (Å²) in [6.07, 6.45) is 6.80. The fraction of sp³-hybridized carbons (Fsp3) is 0.643. The highest BCUT2D eigenvalue weighted by molar-refractivity contribution is 7.09. The van der Waals surface area contributed by atoms with Crippen LogP contribution in [0.2, 0.25) is 0 Å². The number of aliphatic hydroxyl groups is 1. The lowest BCUT2D eigenvalue weighted by Crippen LogP contribution is -2.40. The van der Waals surface area contributed by atoms with Gasteiger partial charge in [-0.1, -0.05) is 5.92 Å². The van der Waals surface area contributed by atoms with Gasteiger partial charge in [0, 0.05) is 18.5 Å². The van der Waals surface area contributed by atoms with Crippen LogP contribution in [-0.4, -0.2) is 53.6 Å². The molecule has 0 bridgehead atoms. The SMILES string of the molecule is C#CCN(C)Cc1nc(C2(O)CCN(C)CC2)cs1. The molecule has 0 radical (unpaired) electrons. The number of thiazole rings is 1. The standard InChI is InChI=1S/C14H21N3OS/c1-4-7-17(3)10-13-15-12(11-19-13)14(18)5-8-16(2)9-6-14/h1,11,18H,5-10H2,2-3H3. The molecule has 0 aromatic carbocycles. The molecule has 0 spiro atoms. The summed E-state index contributed by atoms with van der Waals surface area (Å²) < 4.78 is 0. The number of aromatic nitrogens is 1. The number of likely N-dealkylation sites (tertiary alicyclic amines) is 1. The fourth-order valence-corrected chi connectivity index (χ4v) is 3.25.